The first-order chi connectivity index (χ1) is 11.3. The molecule has 0 aliphatic heterocycles. The number of carbonyl (C=O) groups excluding carboxylic acids is 1. The van der Waals surface area contributed by atoms with Crippen LogP contribution in [0.3, 0.4) is 0 Å². The molecule has 1 amide bonds. The molecular formula is C18H17N3O2. The van der Waals surface area contributed by atoms with Crippen LogP contribution in [0.1, 0.15) is 21.7 Å². The van der Waals surface area contributed by atoms with E-state index in [-0.39, 0.29) is 5.91 Å². The number of aryl methyl sites for hydroxylation is 1. The molecule has 23 heavy (non-hydrogen) atoms. The van der Waals surface area contributed by atoms with Crippen molar-refractivity contribution < 1.29 is 9.32 Å². The summed E-state index contributed by atoms with van der Waals surface area (Å²) >= 11 is 0. The van der Waals surface area contributed by atoms with Crippen LogP contribution >= 0.6 is 0 Å². The number of rotatable bonds is 5. The molecule has 1 N–H and O–H groups in total. The van der Waals surface area contributed by atoms with Crippen LogP contribution in [0.25, 0.3) is 11.3 Å². The van der Waals surface area contributed by atoms with Gasteiger partial charge in [0.1, 0.15) is 5.56 Å². The van der Waals surface area contributed by atoms with Gasteiger partial charge in [-0.3, -0.25) is 9.78 Å². The molecule has 0 saturated heterocycles. The third kappa shape index (κ3) is 3.45. The highest BCUT2D eigenvalue weighted by Crippen LogP contribution is 2.25. The molecule has 0 aliphatic carbocycles. The largest absolute Gasteiger partial charge is 0.355 e. The van der Waals surface area contributed by atoms with Gasteiger partial charge >= 0.3 is 0 Å². The molecule has 0 unspecified atom stereocenters. The monoisotopic (exact) mass is 307 g/mol. The summed E-state index contributed by atoms with van der Waals surface area (Å²) in [6.07, 6.45) is 2.42. The number of carbonyl (C=O) groups is 1. The highest BCUT2D eigenvalue weighted by molar-refractivity contribution is 6.00. The van der Waals surface area contributed by atoms with Crippen molar-refractivity contribution in [1.82, 2.24) is 15.5 Å². The van der Waals surface area contributed by atoms with Gasteiger partial charge in [0.25, 0.3) is 5.91 Å². The Morgan fingerprint density at radius 1 is 1.13 bits per heavy atom. The van der Waals surface area contributed by atoms with E-state index in [1.54, 1.807) is 13.1 Å². The molecule has 3 rings (SSSR count). The molecule has 0 atom stereocenters. The third-order valence-corrected chi connectivity index (χ3v) is 3.52. The van der Waals surface area contributed by atoms with Crippen LogP contribution < -0.4 is 5.32 Å². The Morgan fingerprint density at radius 2 is 1.91 bits per heavy atom. The van der Waals surface area contributed by atoms with Gasteiger partial charge in [-0.15, -0.1) is 0 Å². The number of nitrogens with zero attached hydrogens (tertiary/aromatic N) is 2. The standard InChI is InChI=1S/C18H17N3O2/c1-13-16(17(23-21-13)14-7-3-2-4-8-14)18(22)20-12-10-15-9-5-6-11-19-15/h2-9,11H,10,12H2,1H3,(H,20,22). The molecule has 1 aromatic carbocycles. The molecule has 0 aliphatic rings. The second-order valence-corrected chi connectivity index (χ2v) is 5.17. The maximum atomic E-state index is 12.5. The first kappa shape index (κ1) is 15.0. The molecule has 0 bridgehead atoms. The van der Waals surface area contributed by atoms with Crippen molar-refractivity contribution in [3.05, 3.63) is 71.7 Å². The van der Waals surface area contributed by atoms with Crippen molar-refractivity contribution in [2.24, 2.45) is 0 Å². The van der Waals surface area contributed by atoms with Crippen molar-refractivity contribution in [2.75, 3.05) is 6.54 Å². The van der Waals surface area contributed by atoms with Crippen LogP contribution in [0.2, 0.25) is 0 Å². The Balaban J connectivity index is 1.71. The zero-order valence-corrected chi connectivity index (χ0v) is 12.8. The zero-order chi connectivity index (χ0) is 16.1. The third-order valence-electron chi connectivity index (χ3n) is 3.52. The van der Waals surface area contributed by atoms with E-state index in [2.05, 4.69) is 15.5 Å². The summed E-state index contributed by atoms with van der Waals surface area (Å²) in [7, 11) is 0. The van der Waals surface area contributed by atoms with Gasteiger partial charge in [-0.05, 0) is 19.1 Å². The van der Waals surface area contributed by atoms with Crippen molar-refractivity contribution in [3.8, 4) is 11.3 Å². The molecule has 3 aromatic rings. The molecule has 0 spiro atoms. The molecule has 2 aromatic heterocycles. The second kappa shape index (κ2) is 6.87. The van der Waals surface area contributed by atoms with E-state index in [0.717, 1.165) is 11.3 Å². The van der Waals surface area contributed by atoms with Crippen LogP contribution in [0, 0.1) is 6.92 Å². The summed E-state index contributed by atoms with van der Waals surface area (Å²) in [5.74, 6) is 0.317. The first-order valence-corrected chi connectivity index (χ1v) is 7.45. The molecule has 5 heteroatoms. The van der Waals surface area contributed by atoms with Gasteiger partial charge in [0.15, 0.2) is 5.76 Å². The number of pyridine rings is 1. The molecular weight excluding hydrogens is 290 g/mol. The quantitative estimate of drug-likeness (QED) is 0.786. The summed E-state index contributed by atoms with van der Waals surface area (Å²) in [5.41, 5.74) is 2.84. The van der Waals surface area contributed by atoms with Gasteiger partial charge in [0.2, 0.25) is 0 Å². The average Bonchev–Trinajstić information content (AvgIpc) is 2.98. The van der Waals surface area contributed by atoms with Gasteiger partial charge in [0.05, 0.1) is 5.69 Å². The minimum absolute atomic E-state index is 0.182. The van der Waals surface area contributed by atoms with Gasteiger partial charge in [0, 0.05) is 30.4 Å². The number of aromatic nitrogens is 2. The van der Waals surface area contributed by atoms with Gasteiger partial charge in [-0.2, -0.15) is 0 Å². The smallest absolute Gasteiger partial charge is 0.257 e. The van der Waals surface area contributed by atoms with Gasteiger partial charge < -0.3 is 9.84 Å². The van der Waals surface area contributed by atoms with Crippen LogP contribution in [0.15, 0.2) is 59.3 Å². The van der Waals surface area contributed by atoms with Crippen molar-refractivity contribution in [2.45, 2.75) is 13.3 Å². The van der Waals surface area contributed by atoms with E-state index in [0.29, 0.717) is 30.0 Å². The highest BCUT2D eigenvalue weighted by atomic mass is 16.5. The van der Waals surface area contributed by atoms with Gasteiger partial charge in [-0.1, -0.05) is 41.6 Å². The zero-order valence-electron chi connectivity index (χ0n) is 12.8. The normalized spacial score (nSPS) is 10.5. The van der Waals surface area contributed by atoms with E-state index < -0.39 is 0 Å². The summed E-state index contributed by atoms with van der Waals surface area (Å²) in [4.78, 5) is 16.7. The SMILES string of the molecule is Cc1noc(-c2ccccc2)c1C(=O)NCCc1ccccn1. The fourth-order valence-corrected chi connectivity index (χ4v) is 2.36. The molecule has 5 nitrogen and oxygen atoms in total. The number of benzene rings is 1. The predicted molar refractivity (Wildman–Crippen MR) is 87.0 cm³/mol. The molecule has 2 heterocycles. The predicted octanol–water partition coefficient (Wildman–Crippen LogP) is 3.02. The summed E-state index contributed by atoms with van der Waals surface area (Å²) in [6.45, 7) is 2.28. The first-order valence-electron chi connectivity index (χ1n) is 7.45. The number of hydrogen-bond donors (Lipinski definition) is 1. The average molecular weight is 307 g/mol. The highest BCUT2D eigenvalue weighted by Gasteiger charge is 2.21. The van der Waals surface area contributed by atoms with Gasteiger partial charge in [-0.25, -0.2) is 0 Å². The van der Waals surface area contributed by atoms with E-state index >= 15 is 0 Å². The second-order valence-electron chi connectivity index (χ2n) is 5.17. The number of nitrogens with one attached hydrogen (secondary N) is 1. The van der Waals surface area contributed by atoms with Crippen molar-refractivity contribution in [3.63, 3.8) is 0 Å². The van der Waals surface area contributed by atoms with Crippen LogP contribution in [-0.2, 0) is 6.42 Å². The van der Waals surface area contributed by atoms with Crippen LogP contribution in [-0.4, -0.2) is 22.6 Å². The minimum atomic E-state index is -0.182. The Bertz CT molecular complexity index is 783. The topological polar surface area (TPSA) is 68.0 Å². The van der Waals surface area contributed by atoms with E-state index in [1.165, 1.54) is 0 Å². The minimum Gasteiger partial charge on any atom is -0.355 e. The van der Waals surface area contributed by atoms with Crippen LogP contribution in [0.4, 0.5) is 0 Å². The molecule has 116 valence electrons. The fourth-order valence-electron chi connectivity index (χ4n) is 2.36. The van der Waals surface area contributed by atoms with Crippen LogP contribution in [0.5, 0.6) is 0 Å². The lowest BCUT2D eigenvalue weighted by Gasteiger charge is -2.05. The van der Waals surface area contributed by atoms with E-state index in [4.69, 9.17) is 4.52 Å². The van der Waals surface area contributed by atoms with Crippen molar-refractivity contribution >= 4 is 5.91 Å². The lowest BCUT2D eigenvalue weighted by molar-refractivity contribution is 0.0954. The Labute approximate surface area is 134 Å². The number of amides is 1. The lowest BCUT2D eigenvalue weighted by atomic mass is 10.1. The Hall–Kier alpha value is -2.95. The maximum Gasteiger partial charge on any atom is 0.257 e. The van der Waals surface area contributed by atoms with E-state index in [1.807, 2.05) is 48.5 Å². The Morgan fingerprint density at radius 3 is 2.65 bits per heavy atom. The lowest BCUT2D eigenvalue weighted by Crippen LogP contribution is -2.26. The number of hydrogen-bond acceptors (Lipinski definition) is 4. The molecule has 0 fully saturated rings. The van der Waals surface area contributed by atoms with Crippen molar-refractivity contribution in [1.29, 1.82) is 0 Å². The summed E-state index contributed by atoms with van der Waals surface area (Å²) in [6, 6.07) is 15.2. The summed E-state index contributed by atoms with van der Waals surface area (Å²) in [5, 5.41) is 6.84. The molecule has 0 radical (unpaired) electrons. The van der Waals surface area contributed by atoms with E-state index in [9.17, 15) is 4.79 Å². The maximum absolute atomic E-state index is 12.5. The summed E-state index contributed by atoms with van der Waals surface area (Å²) < 4.78 is 5.34. The molecule has 0 saturated carbocycles. The Kier molecular flexibility index (Phi) is 4.47. The fraction of sp³-hybridized carbons (Fsp3) is 0.167.